The van der Waals surface area contributed by atoms with Crippen molar-refractivity contribution in [3.05, 3.63) is 10.6 Å². The highest BCUT2D eigenvalue weighted by Gasteiger charge is 2.32. The molecule has 1 heterocycles. The number of carbonyl (C=O) groups is 1. The normalized spacial score (nSPS) is 11.6. The van der Waals surface area contributed by atoms with Crippen LogP contribution in [0.5, 0.6) is 0 Å². The number of aryl methyl sites for hydroxylation is 1. The van der Waals surface area contributed by atoms with E-state index >= 15 is 0 Å². The lowest BCUT2D eigenvalue weighted by molar-refractivity contribution is -0.119. The van der Waals surface area contributed by atoms with Crippen LogP contribution >= 0.6 is 11.3 Å². The monoisotopic (exact) mass is 296 g/mol. The molecule has 0 atom stereocenters. The second-order valence-electron chi connectivity index (χ2n) is 3.96. The van der Waals surface area contributed by atoms with Gasteiger partial charge < -0.3 is 10.0 Å². The molecule has 19 heavy (non-hydrogen) atoms. The van der Waals surface area contributed by atoms with E-state index in [1.165, 1.54) is 0 Å². The Morgan fingerprint density at radius 2 is 2.05 bits per heavy atom. The van der Waals surface area contributed by atoms with Crippen molar-refractivity contribution in [2.45, 2.75) is 32.9 Å². The number of alkyl halides is 3. The highest BCUT2D eigenvalue weighted by atomic mass is 32.1. The maximum absolute atomic E-state index is 12.4. The molecule has 0 unspecified atom stereocenters. The van der Waals surface area contributed by atoms with Gasteiger partial charge >= 0.3 is 12.1 Å². The van der Waals surface area contributed by atoms with Crippen LogP contribution in [0.4, 0.5) is 18.3 Å². The molecule has 0 spiro atoms. The van der Waals surface area contributed by atoms with Gasteiger partial charge in [0.05, 0.1) is 5.69 Å². The number of nitrogens with zero attached hydrogens (tertiary/aromatic N) is 2. The number of aromatic carboxylic acids is 1. The van der Waals surface area contributed by atoms with Gasteiger partial charge in [0.15, 0.2) is 5.13 Å². The highest BCUT2D eigenvalue weighted by molar-refractivity contribution is 7.17. The van der Waals surface area contributed by atoms with Gasteiger partial charge in [-0.25, -0.2) is 9.78 Å². The summed E-state index contributed by atoms with van der Waals surface area (Å²) < 4.78 is 37.2. The van der Waals surface area contributed by atoms with Crippen LogP contribution < -0.4 is 4.90 Å². The maximum atomic E-state index is 12.4. The number of anilines is 1. The van der Waals surface area contributed by atoms with Crippen LogP contribution in [0.2, 0.25) is 0 Å². The van der Waals surface area contributed by atoms with Crippen molar-refractivity contribution in [1.82, 2.24) is 4.98 Å². The van der Waals surface area contributed by atoms with Crippen molar-refractivity contribution in [3.63, 3.8) is 0 Å². The number of thiazole rings is 1. The number of halogens is 3. The number of carboxylic acid groups (broad SMARTS) is 1. The molecule has 108 valence electrons. The van der Waals surface area contributed by atoms with E-state index < -0.39 is 18.7 Å². The minimum atomic E-state index is -4.34. The van der Waals surface area contributed by atoms with Gasteiger partial charge in [0.25, 0.3) is 0 Å². The minimum absolute atomic E-state index is 0.0254. The average molecular weight is 296 g/mol. The number of hydrogen-bond acceptors (Lipinski definition) is 4. The standard InChI is InChI=1S/C11H15F3N2O2S/c1-3-5-7-8(9(17)18)19-10(15-7)16(4-2)6-11(12,13)14/h3-6H2,1-2H3,(H,17,18). The van der Waals surface area contributed by atoms with Crippen LogP contribution in [-0.2, 0) is 6.42 Å². The lowest BCUT2D eigenvalue weighted by Crippen LogP contribution is -2.34. The molecule has 1 rings (SSSR count). The Morgan fingerprint density at radius 1 is 1.42 bits per heavy atom. The molecule has 4 nitrogen and oxygen atoms in total. The molecule has 0 aliphatic heterocycles. The molecule has 0 aliphatic carbocycles. The second kappa shape index (κ2) is 6.23. The Morgan fingerprint density at radius 3 is 2.47 bits per heavy atom. The molecule has 0 fully saturated rings. The Labute approximate surface area is 112 Å². The van der Waals surface area contributed by atoms with Gasteiger partial charge in [0.2, 0.25) is 0 Å². The number of rotatable bonds is 6. The first-order valence-electron chi connectivity index (χ1n) is 5.83. The molecule has 0 saturated carbocycles. The zero-order chi connectivity index (χ0) is 14.6. The average Bonchev–Trinajstić information content (AvgIpc) is 2.69. The zero-order valence-electron chi connectivity index (χ0n) is 10.6. The third-order valence-corrected chi connectivity index (χ3v) is 3.54. The molecule has 0 amide bonds. The van der Waals surface area contributed by atoms with E-state index in [2.05, 4.69) is 4.98 Å². The van der Waals surface area contributed by atoms with Crippen LogP contribution in [0, 0.1) is 0 Å². The topological polar surface area (TPSA) is 53.4 Å². The second-order valence-corrected chi connectivity index (χ2v) is 4.93. The van der Waals surface area contributed by atoms with Gasteiger partial charge in [-0.05, 0) is 13.3 Å². The first-order valence-corrected chi connectivity index (χ1v) is 6.64. The minimum Gasteiger partial charge on any atom is -0.477 e. The number of aromatic nitrogens is 1. The molecule has 0 aromatic carbocycles. The number of carboxylic acids is 1. The first kappa shape index (κ1) is 15.7. The summed E-state index contributed by atoms with van der Waals surface area (Å²) >= 11 is 0.796. The maximum Gasteiger partial charge on any atom is 0.406 e. The van der Waals surface area contributed by atoms with E-state index in [9.17, 15) is 18.0 Å². The van der Waals surface area contributed by atoms with E-state index in [-0.39, 0.29) is 16.6 Å². The third-order valence-electron chi connectivity index (χ3n) is 2.39. The van der Waals surface area contributed by atoms with E-state index in [4.69, 9.17) is 5.11 Å². The van der Waals surface area contributed by atoms with Crippen molar-refractivity contribution < 1.29 is 23.1 Å². The Hall–Kier alpha value is -1.31. The van der Waals surface area contributed by atoms with Gasteiger partial charge in [0, 0.05) is 6.54 Å². The largest absolute Gasteiger partial charge is 0.477 e. The summed E-state index contributed by atoms with van der Waals surface area (Å²) in [6, 6.07) is 0. The van der Waals surface area contributed by atoms with Crippen molar-refractivity contribution in [3.8, 4) is 0 Å². The van der Waals surface area contributed by atoms with E-state index in [0.29, 0.717) is 18.5 Å². The molecule has 0 radical (unpaired) electrons. The molecule has 8 heteroatoms. The molecule has 1 N–H and O–H groups in total. The number of hydrogen-bond donors (Lipinski definition) is 1. The molecular formula is C11H15F3N2O2S. The van der Waals surface area contributed by atoms with Crippen LogP contribution in [-0.4, -0.2) is 35.3 Å². The van der Waals surface area contributed by atoms with Gasteiger partial charge in [0.1, 0.15) is 11.4 Å². The fourth-order valence-corrected chi connectivity index (χ4v) is 2.59. The summed E-state index contributed by atoms with van der Waals surface area (Å²) in [5, 5.41) is 9.13. The highest BCUT2D eigenvalue weighted by Crippen LogP contribution is 2.29. The lowest BCUT2D eigenvalue weighted by Gasteiger charge is -2.21. The third kappa shape index (κ3) is 4.38. The fourth-order valence-electron chi connectivity index (χ4n) is 1.58. The predicted molar refractivity (Wildman–Crippen MR) is 67.0 cm³/mol. The SMILES string of the molecule is CCCc1nc(N(CC)CC(F)(F)F)sc1C(=O)O. The van der Waals surface area contributed by atoms with E-state index in [0.717, 1.165) is 16.2 Å². The summed E-state index contributed by atoms with van der Waals surface area (Å²) in [7, 11) is 0. The van der Waals surface area contributed by atoms with E-state index in [1.807, 2.05) is 6.92 Å². The van der Waals surface area contributed by atoms with Gasteiger partial charge in [-0.1, -0.05) is 24.7 Å². The van der Waals surface area contributed by atoms with Crippen molar-refractivity contribution in [2.24, 2.45) is 0 Å². The van der Waals surface area contributed by atoms with Crippen LogP contribution in [0.25, 0.3) is 0 Å². The molecule has 0 aliphatic rings. The Kier molecular flexibility index (Phi) is 5.16. The van der Waals surface area contributed by atoms with Crippen LogP contribution in [0.3, 0.4) is 0 Å². The van der Waals surface area contributed by atoms with Crippen LogP contribution in [0.15, 0.2) is 0 Å². The molecule has 1 aromatic rings. The first-order chi connectivity index (χ1) is 8.78. The summed E-state index contributed by atoms with van der Waals surface area (Å²) in [6.45, 7) is 2.43. The van der Waals surface area contributed by atoms with Crippen molar-refractivity contribution in [2.75, 3.05) is 18.0 Å². The van der Waals surface area contributed by atoms with Crippen molar-refractivity contribution >= 4 is 22.4 Å². The summed E-state index contributed by atoms with van der Waals surface area (Å²) in [4.78, 5) is 16.1. The fraction of sp³-hybridized carbons (Fsp3) is 0.636. The zero-order valence-corrected chi connectivity index (χ0v) is 11.4. The Bertz CT molecular complexity index is 446. The molecule has 1 aromatic heterocycles. The predicted octanol–water partition coefficient (Wildman–Crippen LogP) is 3.18. The van der Waals surface area contributed by atoms with Gasteiger partial charge in [-0.3, -0.25) is 0 Å². The Balaban J connectivity index is 3.04. The van der Waals surface area contributed by atoms with Crippen LogP contribution in [0.1, 0.15) is 35.6 Å². The van der Waals surface area contributed by atoms with Gasteiger partial charge in [-0.2, -0.15) is 13.2 Å². The quantitative estimate of drug-likeness (QED) is 0.876. The molecule has 0 saturated heterocycles. The smallest absolute Gasteiger partial charge is 0.406 e. The van der Waals surface area contributed by atoms with E-state index in [1.54, 1.807) is 6.92 Å². The summed E-state index contributed by atoms with van der Waals surface area (Å²) in [5.41, 5.74) is 0.357. The lowest BCUT2D eigenvalue weighted by atomic mass is 10.2. The van der Waals surface area contributed by atoms with Gasteiger partial charge in [-0.15, -0.1) is 0 Å². The molecule has 0 bridgehead atoms. The van der Waals surface area contributed by atoms with Crippen molar-refractivity contribution in [1.29, 1.82) is 0 Å². The molecular weight excluding hydrogens is 281 g/mol. The summed E-state index contributed by atoms with van der Waals surface area (Å²) in [5.74, 6) is -1.14. The summed E-state index contributed by atoms with van der Waals surface area (Å²) in [6.07, 6.45) is -3.20.